The van der Waals surface area contributed by atoms with Crippen molar-refractivity contribution in [1.82, 2.24) is 35.4 Å². The molecule has 0 saturated carbocycles. The molecule has 0 unspecified atom stereocenters. The van der Waals surface area contributed by atoms with Gasteiger partial charge in [-0.25, -0.2) is 19.3 Å². The van der Waals surface area contributed by atoms with Gasteiger partial charge >= 0.3 is 6.18 Å². The maximum Gasteiger partial charge on any atom is 0.405 e. The molecule has 3 aromatic heterocycles. The van der Waals surface area contributed by atoms with Crippen molar-refractivity contribution < 1.29 is 50.9 Å². The molecule has 5 heterocycles. The van der Waals surface area contributed by atoms with E-state index in [1.54, 1.807) is 53.6 Å². The molecule has 5 atom stereocenters. The third-order valence-electron chi connectivity index (χ3n) is 10.6. The van der Waals surface area contributed by atoms with Crippen LogP contribution < -0.4 is 15.4 Å². The van der Waals surface area contributed by atoms with E-state index in [1.807, 2.05) is 24.1 Å². The highest BCUT2D eigenvalue weighted by Crippen LogP contribution is 2.35. The second-order valence-corrected chi connectivity index (χ2v) is 15.1. The van der Waals surface area contributed by atoms with Gasteiger partial charge in [-0.2, -0.15) is 13.2 Å². The van der Waals surface area contributed by atoms with Crippen LogP contribution >= 0.6 is 0 Å². The summed E-state index contributed by atoms with van der Waals surface area (Å²) < 4.78 is 71.0. The lowest BCUT2D eigenvalue weighted by Crippen LogP contribution is -2.63. The third-order valence-corrected chi connectivity index (χ3v) is 10.6. The van der Waals surface area contributed by atoms with Crippen LogP contribution in [0.25, 0.3) is 22.4 Å². The van der Waals surface area contributed by atoms with Gasteiger partial charge in [0.1, 0.15) is 49.0 Å². The predicted octanol–water partition coefficient (Wildman–Crippen LogP) is 4.14. The average molecular weight is 810 g/mol. The monoisotopic (exact) mass is 809 g/mol. The number of nitrogens with one attached hydrogen (secondary N) is 2. The number of hydrogen-bond acceptors (Lipinski definition) is 12. The highest BCUT2D eigenvalue weighted by molar-refractivity contribution is 5.82. The van der Waals surface area contributed by atoms with Crippen molar-refractivity contribution in [3.05, 3.63) is 96.3 Å². The first-order valence-corrected chi connectivity index (χ1v) is 18.8. The minimum Gasteiger partial charge on any atom is -0.490 e. The zero-order valence-electron chi connectivity index (χ0n) is 31.7. The Morgan fingerprint density at radius 3 is 2.57 bits per heavy atom. The molecule has 58 heavy (non-hydrogen) atoms. The van der Waals surface area contributed by atoms with E-state index in [0.717, 1.165) is 0 Å². The summed E-state index contributed by atoms with van der Waals surface area (Å²) in [5.41, 5.74) is 0.536. The highest BCUT2D eigenvalue weighted by atomic mass is 19.4. The fourth-order valence-corrected chi connectivity index (χ4v) is 7.47. The van der Waals surface area contributed by atoms with Crippen LogP contribution in [0.5, 0.6) is 5.75 Å². The molecule has 1 fully saturated rings. The quantitative estimate of drug-likeness (QED) is 0.125. The summed E-state index contributed by atoms with van der Waals surface area (Å²) in [5.74, 6) is -1.17. The van der Waals surface area contributed by atoms with Crippen molar-refractivity contribution in [2.45, 2.75) is 62.7 Å². The van der Waals surface area contributed by atoms with Crippen LogP contribution in [0.3, 0.4) is 0 Å². The topological polar surface area (TPSA) is 179 Å². The molecular formula is C40H43F4N7O7. The lowest BCUT2D eigenvalue weighted by Gasteiger charge is -2.46. The number of para-hydroxylation sites is 1. The minimum absolute atomic E-state index is 0.0216. The number of aliphatic hydroxyl groups excluding tert-OH is 2. The number of ether oxygens (including phenoxy) is 1. The van der Waals surface area contributed by atoms with Crippen molar-refractivity contribution in [3.63, 3.8) is 0 Å². The number of halogens is 4. The van der Waals surface area contributed by atoms with Crippen LogP contribution in [0.4, 0.5) is 17.6 Å². The van der Waals surface area contributed by atoms with Crippen LogP contribution in [0.2, 0.25) is 0 Å². The van der Waals surface area contributed by atoms with Crippen molar-refractivity contribution in [1.29, 1.82) is 0 Å². The SMILES string of the molecule is CC(C)(c1ncc(-c2ccc(F)cc2)o1)N1CCN(C[C@@H](O)C[C@H](Cc2cc3cncnc3o2)C(=O)N[C@H]2c3ccccc3OC[C@H]2O)[C@H](C(=O)NCC(F)(F)F)C1. The minimum atomic E-state index is -4.66. The number of furan rings is 1. The van der Waals surface area contributed by atoms with Gasteiger partial charge in [0.2, 0.25) is 23.4 Å². The van der Waals surface area contributed by atoms with Crippen LogP contribution in [0.1, 0.15) is 43.5 Å². The predicted molar refractivity (Wildman–Crippen MR) is 199 cm³/mol. The molecule has 2 aliphatic heterocycles. The smallest absolute Gasteiger partial charge is 0.405 e. The Kier molecular flexibility index (Phi) is 11.8. The number of rotatable bonds is 13. The molecule has 308 valence electrons. The van der Waals surface area contributed by atoms with Gasteiger partial charge in [0.25, 0.3) is 0 Å². The summed E-state index contributed by atoms with van der Waals surface area (Å²) in [4.78, 5) is 43.7. The van der Waals surface area contributed by atoms with Crippen LogP contribution in [-0.2, 0) is 21.5 Å². The van der Waals surface area contributed by atoms with Crippen LogP contribution in [0, 0.1) is 11.7 Å². The number of carbonyl (C=O) groups excluding carboxylic acids is 2. The van der Waals surface area contributed by atoms with Crippen LogP contribution in [-0.4, -0.2) is 111 Å². The van der Waals surface area contributed by atoms with Gasteiger partial charge in [-0.05, 0) is 56.7 Å². The van der Waals surface area contributed by atoms with E-state index < -0.39 is 66.1 Å². The molecule has 0 bridgehead atoms. The molecular weight excluding hydrogens is 766 g/mol. The van der Waals surface area contributed by atoms with Crippen LogP contribution in [0.15, 0.2) is 82.2 Å². The molecule has 5 aromatic rings. The fourth-order valence-electron chi connectivity index (χ4n) is 7.47. The normalized spacial score (nSPS) is 20.2. The van der Waals surface area contributed by atoms with Crippen molar-refractivity contribution in [2.75, 3.05) is 39.3 Å². The molecule has 4 N–H and O–H groups in total. The molecule has 1 saturated heterocycles. The second-order valence-electron chi connectivity index (χ2n) is 15.1. The van der Waals surface area contributed by atoms with E-state index in [1.165, 1.54) is 24.7 Å². The van der Waals surface area contributed by atoms with Gasteiger partial charge in [-0.15, -0.1) is 0 Å². The Bertz CT molecular complexity index is 2180. The number of oxazole rings is 1. The zero-order valence-corrected chi connectivity index (χ0v) is 31.7. The number of β-amino-alcohol motifs (C(OH)–C–C–N with tert-alkyl or cyclic N) is 1. The molecule has 7 rings (SSSR count). The number of piperazine rings is 1. The highest BCUT2D eigenvalue weighted by Gasteiger charge is 2.43. The van der Waals surface area contributed by atoms with Gasteiger partial charge in [-0.3, -0.25) is 19.4 Å². The molecule has 0 aliphatic carbocycles. The fraction of sp³-hybridized carbons (Fsp3) is 0.425. The summed E-state index contributed by atoms with van der Waals surface area (Å²) >= 11 is 0. The molecule has 0 spiro atoms. The zero-order chi connectivity index (χ0) is 41.2. The van der Waals surface area contributed by atoms with E-state index in [4.69, 9.17) is 13.6 Å². The maximum absolute atomic E-state index is 14.1. The molecule has 14 nitrogen and oxygen atoms in total. The maximum atomic E-state index is 14.1. The lowest BCUT2D eigenvalue weighted by atomic mass is 9.92. The summed E-state index contributed by atoms with van der Waals surface area (Å²) in [6, 6.07) is 12.4. The Morgan fingerprint density at radius 1 is 1.03 bits per heavy atom. The largest absolute Gasteiger partial charge is 0.490 e. The number of aliphatic hydroxyl groups is 2. The second kappa shape index (κ2) is 16.8. The van der Waals surface area contributed by atoms with Gasteiger partial charge < -0.3 is 34.4 Å². The number of aromatic nitrogens is 3. The first kappa shape index (κ1) is 40.8. The number of carbonyl (C=O) groups is 2. The molecule has 0 radical (unpaired) electrons. The standard InChI is InChI=1S/C40H43F4N7O7/c1-39(2,38-46-17-33(58-38)23-7-9-26(41)10-8-23)51-12-11-50(30(19-51)36(55)47-21-40(42,43)44)18-27(52)13-24(14-28-15-25-16-45-22-48-37(25)57-28)35(54)49-34-29-5-3-4-6-32(29)56-20-31(34)53/h3-10,15-17,22,24,27,30-31,34,52-53H,11-14,18-21H2,1-2H3,(H,47,55)(H,49,54)/t24-,27+,30+,31-,34+/m1/s1. The number of nitrogens with zero attached hydrogens (tertiary/aromatic N) is 5. The first-order chi connectivity index (χ1) is 27.6. The van der Waals surface area contributed by atoms with Gasteiger partial charge in [0.15, 0.2) is 5.76 Å². The Hall–Kier alpha value is -5.43. The van der Waals surface area contributed by atoms with E-state index in [2.05, 4.69) is 20.3 Å². The van der Waals surface area contributed by atoms with Gasteiger partial charge in [0, 0.05) is 55.8 Å². The Balaban J connectivity index is 1.09. The lowest BCUT2D eigenvalue weighted by molar-refractivity contribution is -0.145. The summed E-state index contributed by atoms with van der Waals surface area (Å²) in [7, 11) is 0. The average Bonchev–Trinajstić information content (AvgIpc) is 3.86. The number of hydrogen-bond donors (Lipinski definition) is 4. The van der Waals surface area contributed by atoms with Crippen molar-refractivity contribution >= 4 is 22.9 Å². The summed E-state index contributed by atoms with van der Waals surface area (Å²) in [6.45, 7) is 2.26. The summed E-state index contributed by atoms with van der Waals surface area (Å²) in [6.07, 6.45) is -2.70. The van der Waals surface area contributed by atoms with E-state index in [0.29, 0.717) is 46.0 Å². The Labute approximate surface area is 330 Å². The number of alkyl halides is 3. The van der Waals surface area contributed by atoms with Gasteiger partial charge in [0.05, 0.1) is 29.3 Å². The third kappa shape index (κ3) is 9.30. The van der Waals surface area contributed by atoms with E-state index in [9.17, 15) is 37.4 Å². The molecule has 2 aliphatic rings. The van der Waals surface area contributed by atoms with Gasteiger partial charge in [-0.1, -0.05) is 18.2 Å². The molecule has 2 aromatic carbocycles. The van der Waals surface area contributed by atoms with E-state index in [-0.39, 0.29) is 45.0 Å². The first-order valence-electron chi connectivity index (χ1n) is 18.8. The van der Waals surface area contributed by atoms with Crippen molar-refractivity contribution in [2.24, 2.45) is 5.92 Å². The number of amides is 2. The van der Waals surface area contributed by atoms with Crippen molar-refractivity contribution in [3.8, 4) is 17.1 Å². The number of benzene rings is 2. The molecule has 2 amide bonds. The summed E-state index contributed by atoms with van der Waals surface area (Å²) in [5, 5.41) is 28.0. The Morgan fingerprint density at radius 2 is 1.81 bits per heavy atom. The van der Waals surface area contributed by atoms with E-state index >= 15 is 0 Å². The molecule has 18 heteroatoms. The number of fused-ring (bicyclic) bond motifs is 2.